The van der Waals surface area contributed by atoms with E-state index >= 15 is 0 Å². The third kappa shape index (κ3) is 1.47. The van der Waals surface area contributed by atoms with Gasteiger partial charge in [0, 0.05) is 30.9 Å². The molecule has 3 aliphatic heterocycles. The van der Waals surface area contributed by atoms with Gasteiger partial charge in [-0.05, 0) is 6.07 Å². The van der Waals surface area contributed by atoms with Gasteiger partial charge in [-0.25, -0.2) is 4.99 Å². The van der Waals surface area contributed by atoms with Gasteiger partial charge in [0.2, 0.25) is 11.9 Å². The van der Waals surface area contributed by atoms with Crippen molar-refractivity contribution in [1.29, 1.82) is 0 Å². The van der Waals surface area contributed by atoms with Crippen LogP contribution in [0, 0.1) is 0 Å². The van der Waals surface area contributed by atoms with E-state index in [1.807, 2.05) is 18.2 Å². The van der Waals surface area contributed by atoms with Crippen molar-refractivity contribution in [2.75, 3.05) is 26.2 Å². The Hall–Kier alpha value is -2.30. The molecular weight excluding hydrogens is 238 g/mol. The molecule has 96 valence electrons. The molecule has 5 heteroatoms. The molecule has 4 rings (SSSR count). The Kier molecular flexibility index (Phi) is 2.15. The molecule has 5 nitrogen and oxygen atoms in total. The molecule has 3 aliphatic rings. The van der Waals surface area contributed by atoms with Crippen molar-refractivity contribution in [2.45, 2.75) is 0 Å². The zero-order valence-corrected chi connectivity index (χ0v) is 10.6. The molecule has 0 spiro atoms. The fraction of sp³-hybridized carbons (Fsp3) is 0.286. The smallest absolute Gasteiger partial charge is 0.213 e. The normalized spacial score (nSPS) is 20.7. The molecular formula is C14H15N5. The summed E-state index contributed by atoms with van der Waals surface area (Å²) in [5, 5.41) is 3.31. The van der Waals surface area contributed by atoms with Gasteiger partial charge in [0.1, 0.15) is 0 Å². The van der Waals surface area contributed by atoms with Gasteiger partial charge in [-0.1, -0.05) is 24.8 Å². The molecule has 3 heterocycles. The molecule has 1 saturated heterocycles. The Labute approximate surface area is 112 Å². The van der Waals surface area contributed by atoms with E-state index in [1.165, 1.54) is 0 Å². The maximum atomic E-state index is 4.77. The highest BCUT2D eigenvalue weighted by Gasteiger charge is 2.35. The summed E-state index contributed by atoms with van der Waals surface area (Å²) in [6.45, 7) is 7.78. The number of rotatable bonds is 0. The summed E-state index contributed by atoms with van der Waals surface area (Å²) in [6.07, 6.45) is 0. The molecule has 0 amide bonds. The molecule has 0 unspecified atom stereocenters. The lowest BCUT2D eigenvalue weighted by Crippen LogP contribution is -2.43. The van der Waals surface area contributed by atoms with E-state index in [1.54, 1.807) is 0 Å². The number of hydrogen-bond donors (Lipinski definition) is 1. The molecule has 1 aromatic carbocycles. The van der Waals surface area contributed by atoms with E-state index in [9.17, 15) is 0 Å². The number of hydrogen-bond acceptors (Lipinski definition) is 5. The zero-order chi connectivity index (χ0) is 12.8. The Morgan fingerprint density at radius 2 is 2.00 bits per heavy atom. The van der Waals surface area contributed by atoms with E-state index in [0.717, 1.165) is 55.0 Å². The van der Waals surface area contributed by atoms with Crippen LogP contribution in [0.1, 0.15) is 5.56 Å². The largest absolute Gasteiger partial charge is 0.354 e. The van der Waals surface area contributed by atoms with Crippen molar-refractivity contribution in [3.05, 3.63) is 36.4 Å². The number of fused-ring (bicyclic) bond motifs is 2. The molecule has 0 saturated carbocycles. The maximum absolute atomic E-state index is 4.77. The lowest BCUT2D eigenvalue weighted by molar-refractivity contribution is 0.629. The zero-order valence-electron chi connectivity index (χ0n) is 10.6. The molecule has 1 aromatic rings. The van der Waals surface area contributed by atoms with Crippen LogP contribution in [0.4, 0.5) is 5.69 Å². The fourth-order valence-corrected chi connectivity index (χ4v) is 2.76. The average Bonchev–Trinajstić information content (AvgIpc) is 3.07. The van der Waals surface area contributed by atoms with Gasteiger partial charge in [-0.15, -0.1) is 0 Å². The van der Waals surface area contributed by atoms with Crippen LogP contribution in [-0.4, -0.2) is 47.9 Å². The molecule has 1 fully saturated rings. The number of para-hydroxylation sites is 1. The van der Waals surface area contributed by atoms with Crippen LogP contribution in [0.25, 0.3) is 5.70 Å². The molecule has 0 atom stereocenters. The minimum absolute atomic E-state index is 0.844. The van der Waals surface area contributed by atoms with Crippen molar-refractivity contribution in [3.8, 4) is 0 Å². The first kappa shape index (κ1) is 10.6. The predicted octanol–water partition coefficient (Wildman–Crippen LogP) is 1.24. The summed E-state index contributed by atoms with van der Waals surface area (Å²) in [5.74, 6) is 1.88. The molecule has 1 N–H and O–H groups in total. The minimum atomic E-state index is 0.844. The van der Waals surface area contributed by atoms with E-state index in [-0.39, 0.29) is 0 Å². The highest BCUT2D eigenvalue weighted by molar-refractivity contribution is 6.06. The van der Waals surface area contributed by atoms with Crippen LogP contribution in [0.15, 0.2) is 40.8 Å². The Bertz CT molecular complexity index is 616. The van der Waals surface area contributed by atoms with Crippen LogP contribution in [0.5, 0.6) is 0 Å². The van der Waals surface area contributed by atoms with Crippen LogP contribution in [0.2, 0.25) is 0 Å². The quantitative estimate of drug-likeness (QED) is 0.756. The topological polar surface area (TPSA) is 43.2 Å². The monoisotopic (exact) mass is 253 g/mol. The first-order valence-electron chi connectivity index (χ1n) is 6.55. The highest BCUT2D eigenvalue weighted by atomic mass is 15.5. The third-order valence-electron chi connectivity index (χ3n) is 3.70. The molecule has 0 bridgehead atoms. The first-order chi connectivity index (χ1) is 9.34. The van der Waals surface area contributed by atoms with Gasteiger partial charge in [-0.2, -0.15) is 0 Å². The number of aliphatic imine (C=N–C) groups is 2. The highest BCUT2D eigenvalue weighted by Crippen LogP contribution is 2.35. The van der Waals surface area contributed by atoms with E-state index in [2.05, 4.69) is 32.8 Å². The number of nitrogens with one attached hydrogen (secondary N) is 1. The Morgan fingerprint density at radius 1 is 1.16 bits per heavy atom. The van der Waals surface area contributed by atoms with Crippen LogP contribution in [0.3, 0.4) is 0 Å². The molecule has 19 heavy (non-hydrogen) atoms. The van der Waals surface area contributed by atoms with Gasteiger partial charge < -0.3 is 10.2 Å². The summed E-state index contributed by atoms with van der Waals surface area (Å²) in [5.41, 5.74) is 3.14. The predicted molar refractivity (Wildman–Crippen MR) is 76.3 cm³/mol. The van der Waals surface area contributed by atoms with Crippen LogP contribution < -0.4 is 5.32 Å². The van der Waals surface area contributed by atoms with Crippen molar-refractivity contribution in [3.63, 3.8) is 0 Å². The number of nitrogens with zero attached hydrogens (tertiary/aromatic N) is 4. The van der Waals surface area contributed by atoms with E-state index < -0.39 is 0 Å². The Balaban J connectivity index is 1.79. The molecule has 0 aromatic heterocycles. The number of guanidine groups is 2. The summed E-state index contributed by atoms with van der Waals surface area (Å²) in [7, 11) is 0. The van der Waals surface area contributed by atoms with Crippen molar-refractivity contribution >= 4 is 23.3 Å². The number of benzene rings is 1. The first-order valence-corrected chi connectivity index (χ1v) is 6.55. The van der Waals surface area contributed by atoms with E-state index in [4.69, 9.17) is 4.99 Å². The van der Waals surface area contributed by atoms with Crippen LogP contribution in [-0.2, 0) is 0 Å². The fourth-order valence-electron chi connectivity index (χ4n) is 2.76. The maximum Gasteiger partial charge on any atom is 0.213 e. The lowest BCUT2D eigenvalue weighted by atomic mass is 10.1. The van der Waals surface area contributed by atoms with Crippen LogP contribution >= 0.6 is 0 Å². The average molecular weight is 253 g/mol. The third-order valence-corrected chi connectivity index (χ3v) is 3.70. The van der Waals surface area contributed by atoms with Gasteiger partial charge in [0.05, 0.1) is 12.2 Å². The van der Waals surface area contributed by atoms with Crippen molar-refractivity contribution in [1.82, 2.24) is 15.1 Å². The SMILES string of the molecule is C=C1c2ccccc2N=C2N1CCN2C1=NCCN1. The standard InChI is InChI=1S/C14H15N5/c1-10-11-4-2-3-5-12(11)17-14-18(10)8-9-19(14)13-15-6-7-16-13/h2-5H,1,6-9H2,(H,15,16). The van der Waals surface area contributed by atoms with Crippen molar-refractivity contribution in [2.24, 2.45) is 9.98 Å². The molecule has 0 aliphatic carbocycles. The van der Waals surface area contributed by atoms with Gasteiger partial charge in [0.15, 0.2) is 0 Å². The summed E-state index contributed by atoms with van der Waals surface area (Å²) in [6, 6.07) is 8.15. The second kappa shape index (κ2) is 3.85. The second-order valence-corrected chi connectivity index (χ2v) is 4.81. The summed E-state index contributed by atoms with van der Waals surface area (Å²) in [4.78, 5) is 13.6. The lowest BCUT2D eigenvalue weighted by Gasteiger charge is -2.29. The van der Waals surface area contributed by atoms with Gasteiger partial charge in [0.25, 0.3) is 0 Å². The second-order valence-electron chi connectivity index (χ2n) is 4.81. The van der Waals surface area contributed by atoms with Crippen molar-refractivity contribution < 1.29 is 0 Å². The summed E-state index contributed by atoms with van der Waals surface area (Å²) < 4.78 is 0. The summed E-state index contributed by atoms with van der Waals surface area (Å²) >= 11 is 0. The Morgan fingerprint density at radius 3 is 2.84 bits per heavy atom. The van der Waals surface area contributed by atoms with E-state index in [0.29, 0.717) is 0 Å². The minimum Gasteiger partial charge on any atom is -0.354 e. The molecule has 0 radical (unpaired) electrons. The van der Waals surface area contributed by atoms with Gasteiger partial charge >= 0.3 is 0 Å². The van der Waals surface area contributed by atoms with Gasteiger partial charge in [-0.3, -0.25) is 9.89 Å².